The number of halogens is 1. The van der Waals surface area contributed by atoms with E-state index in [2.05, 4.69) is 10.1 Å². The molecule has 3 heterocycles. The van der Waals surface area contributed by atoms with E-state index in [4.69, 9.17) is 21.7 Å². The van der Waals surface area contributed by atoms with Crippen LogP contribution in [0.5, 0.6) is 5.75 Å². The van der Waals surface area contributed by atoms with E-state index >= 15 is 0 Å². The number of rotatable bonds is 4. The summed E-state index contributed by atoms with van der Waals surface area (Å²) in [6, 6.07) is 17.2. The maximum Gasteiger partial charge on any atom is 0.283 e. The average Bonchev–Trinajstić information content (AvgIpc) is 3.37. The highest BCUT2D eigenvalue weighted by atomic mass is 35.5. The molecular weight excluding hydrogens is 470 g/mol. The Kier molecular flexibility index (Phi) is 5.63. The first-order valence-corrected chi connectivity index (χ1v) is 11.7. The first-order valence-electron chi connectivity index (χ1n) is 10.5. The summed E-state index contributed by atoms with van der Waals surface area (Å²) >= 11 is 7.62. The second-order valence-electron chi connectivity index (χ2n) is 7.77. The minimum absolute atomic E-state index is 0.00530. The molecule has 1 N–H and O–H groups in total. The van der Waals surface area contributed by atoms with Gasteiger partial charge in [0.25, 0.3) is 5.91 Å². The van der Waals surface area contributed by atoms with Crippen LogP contribution in [0.1, 0.15) is 22.5 Å². The van der Waals surface area contributed by atoms with Gasteiger partial charge in [0, 0.05) is 22.6 Å². The molecule has 0 atom stereocenters. The van der Waals surface area contributed by atoms with Crippen molar-refractivity contribution in [1.29, 1.82) is 5.41 Å². The van der Waals surface area contributed by atoms with Gasteiger partial charge in [0.15, 0.2) is 5.84 Å². The molecule has 1 amide bonds. The predicted molar refractivity (Wildman–Crippen MR) is 137 cm³/mol. The Morgan fingerprint density at radius 2 is 1.88 bits per heavy atom. The van der Waals surface area contributed by atoms with Crippen LogP contribution in [0.2, 0.25) is 5.02 Å². The Morgan fingerprint density at radius 3 is 2.59 bits per heavy atom. The Balaban J connectivity index is 1.51. The Morgan fingerprint density at radius 1 is 1.12 bits per heavy atom. The number of hydrogen-bond acceptors (Lipinski definition) is 5. The molecule has 0 radical (unpaired) electrons. The molecule has 3 aromatic rings. The topological polar surface area (TPSA) is 83.0 Å². The van der Waals surface area contributed by atoms with Crippen molar-refractivity contribution in [2.75, 3.05) is 7.11 Å². The average molecular weight is 490 g/mol. The summed E-state index contributed by atoms with van der Waals surface area (Å²) in [7, 11) is 1.58. The number of fused-ring (bicyclic) bond motifs is 1. The van der Waals surface area contributed by atoms with E-state index in [9.17, 15) is 4.79 Å². The van der Waals surface area contributed by atoms with E-state index in [0.29, 0.717) is 21.0 Å². The van der Waals surface area contributed by atoms with Gasteiger partial charge >= 0.3 is 0 Å². The summed E-state index contributed by atoms with van der Waals surface area (Å²) < 4.78 is 7.30. The van der Waals surface area contributed by atoms with Gasteiger partial charge < -0.3 is 9.30 Å². The fourth-order valence-corrected chi connectivity index (χ4v) is 5.12. The van der Waals surface area contributed by atoms with Crippen molar-refractivity contribution < 1.29 is 9.53 Å². The molecule has 0 bridgehead atoms. The number of nitrogens with one attached hydrogen (secondary N) is 1. The Hall–Kier alpha value is -3.62. The molecule has 1 aromatic heterocycles. The van der Waals surface area contributed by atoms with Crippen molar-refractivity contribution in [3.8, 4) is 11.4 Å². The summed E-state index contributed by atoms with van der Waals surface area (Å²) in [5.41, 5.74) is 4.67. The molecule has 7 nitrogen and oxygen atoms in total. The number of aryl methyl sites for hydroxylation is 1. The van der Waals surface area contributed by atoms with Crippen molar-refractivity contribution in [3.63, 3.8) is 0 Å². The summed E-state index contributed by atoms with van der Waals surface area (Å²) in [6.07, 6.45) is 1.70. The Labute approximate surface area is 205 Å². The maximum absolute atomic E-state index is 12.9. The number of hydrogen-bond donors (Lipinski definition) is 1. The van der Waals surface area contributed by atoms with Crippen molar-refractivity contribution in [1.82, 2.24) is 9.58 Å². The number of thioether (sulfide) groups is 1. The molecule has 9 heteroatoms. The molecule has 0 saturated carbocycles. The number of aromatic nitrogens is 1. The first kappa shape index (κ1) is 22.2. The number of amides is 1. The van der Waals surface area contributed by atoms with Crippen LogP contribution in [0.3, 0.4) is 0 Å². The fraction of sp³-hybridized carbons (Fsp3) is 0.120. The highest BCUT2D eigenvalue weighted by Crippen LogP contribution is 2.33. The Bertz CT molecular complexity index is 1440. The van der Waals surface area contributed by atoms with Gasteiger partial charge in [-0.15, -0.1) is 0 Å². The van der Waals surface area contributed by atoms with Crippen LogP contribution >= 0.6 is 23.4 Å². The zero-order valence-electron chi connectivity index (χ0n) is 18.7. The van der Waals surface area contributed by atoms with Crippen molar-refractivity contribution in [2.45, 2.75) is 13.8 Å². The van der Waals surface area contributed by atoms with Gasteiger partial charge in [-0.05, 0) is 61.5 Å². The van der Waals surface area contributed by atoms with Crippen molar-refractivity contribution in [2.24, 2.45) is 10.1 Å². The van der Waals surface area contributed by atoms with Gasteiger partial charge in [0.2, 0.25) is 5.17 Å². The molecule has 5 rings (SSSR count). The monoisotopic (exact) mass is 489 g/mol. The van der Waals surface area contributed by atoms with E-state index in [1.54, 1.807) is 13.2 Å². The third-order valence-corrected chi connectivity index (χ3v) is 6.89. The fourth-order valence-electron chi connectivity index (χ4n) is 3.97. The highest BCUT2D eigenvalue weighted by Gasteiger charge is 2.36. The van der Waals surface area contributed by atoms with Gasteiger partial charge in [-0.25, -0.2) is 0 Å². The number of benzene rings is 2. The number of nitrogens with zero attached hydrogens (tertiary/aromatic N) is 4. The standard InChI is InChI=1S/C25H20ClN5O2S/c1-14-11-17(15(2)30(14)18-9-10-21(33-3)20(26)13-18)12-19-22(27)31-25(28-23(19)32)34-24(29-31)16-7-5-4-6-8-16/h4-13,27H,1-3H3. The van der Waals surface area contributed by atoms with Gasteiger partial charge in [-0.1, -0.05) is 41.9 Å². The number of methoxy groups -OCH3 is 1. The summed E-state index contributed by atoms with van der Waals surface area (Å²) in [5, 5.41) is 16.2. The number of ether oxygens (including phenoxy) is 1. The van der Waals surface area contributed by atoms with E-state index in [-0.39, 0.29) is 11.4 Å². The lowest BCUT2D eigenvalue weighted by atomic mass is 10.1. The number of amidine groups is 2. The molecule has 2 aromatic carbocycles. The molecule has 34 heavy (non-hydrogen) atoms. The molecule has 0 unspecified atom stereocenters. The normalized spacial score (nSPS) is 16.6. The first-order chi connectivity index (χ1) is 16.4. The zero-order chi connectivity index (χ0) is 24.0. The zero-order valence-corrected chi connectivity index (χ0v) is 20.2. The SMILES string of the molecule is COc1ccc(-n2c(C)cc(C=C3C(=N)N4N=C(c5ccccc5)SC4=NC3=O)c2C)cc1Cl. The third-order valence-electron chi connectivity index (χ3n) is 5.64. The molecule has 170 valence electrons. The summed E-state index contributed by atoms with van der Waals surface area (Å²) in [5.74, 6) is 0.153. The van der Waals surface area contributed by atoms with Crippen LogP contribution < -0.4 is 4.74 Å². The van der Waals surface area contributed by atoms with Crippen LogP contribution in [0, 0.1) is 19.3 Å². The largest absolute Gasteiger partial charge is 0.495 e. The van der Waals surface area contributed by atoms with Gasteiger partial charge in [-0.2, -0.15) is 15.1 Å². The van der Waals surface area contributed by atoms with E-state index < -0.39 is 5.91 Å². The molecular formula is C25H20ClN5O2S. The smallest absolute Gasteiger partial charge is 0.283 e. The quantitative estimate of drug-likeness (QED) is 0.496. The maximum atomic E-state index is 12.9. The van der Waals surface area contributed by atoms with Crippen LogP contribution in [-0.4, -0.2) is 38.6 Å². The van der Waals surface area contributed by atoms with Crippen LogP contribution in [0.15, 0.2) is 70.3 Å². The van der Waals surface area contributed by atoms with Gasteiger partial charge in [-0.3, -0.25) is 10.2 Å². The lowest BCUT2D eigenvalue weighted by Gasteiger charge is -2.20. The minimum atomic E-state index is -0.453. The molecule has 0 fully saturated rings. The lowest BCUT2D eigenvalue weighted by Crippen LogP contribution is -2.35. The van der Waals surface area contributed by atoms with E-state index in [0.717, 1.165) is 28.2 Å². The lowest BCUT2D eigenvalue weighted by molar-refractivity contribution is -0.114. The highest BCUT2D eigenvalue weighted by molar-refractivity contribution is 8.27. The number of carbonyl (C=O) groups is 1. The number of hydrazone groups is 1. The molecule has 0 spiro atoms. The number of aliphatic imine (C=N–C) groups is 1. The molecule has 2 aliphatic rings. The minimum Gasteiger partial charge on any atom is -0.495 e. The third kappa shape index (κ3) is 3.74. The summed E-state index contributed by atoms with van der Waals surface area (Å²) in [6.45, 7) is 3.94. The van der Waals surface area contributed by atoms with Crippen LogP contribution in [0.25, 0.3) is 11.8 Å². The second-order valence-corrected chi connectivity index (χ2v) is 9.14. The van der Waals surface area contributed by atoms with Crippen LogP contribution in [-0.2, 0) is 4.79 Å². The van der Waals surface area contributed by atoms with Crippen LogP contribution in [0.4, 0.5) is 0 Å². The van der Waals surface area contributed by atoms with Gasteiger partial charge in [0.05, 0.1) is 17.7 Å². The number of carbonyl (C=O) groups excluding carboxylic acids is 1. The molecule has 0 aliphatic carbocycles. The van der Waals surface area contributed by atoms with Crippen molar-refractivity contribution in [3.05, 3.63) is 87.7 Å². The molecule has 0 saturated heterocycles. The summed E-state index contributed by atoms with van der Waals surface area (Å²) in [4.78, 5) is 17.1. The second kappa shape index (κ2) is 8.62. The van der Waals surface area contributed by atoms with E-state index in [1.165, 1.54) is 16.8 Å². The van der Waals surface area contributed by atoms with Crippen molar-refractivity contribution >= 4 is 51.4 Å². The molecule has 2 aliphatic heterocycles. The van der Waals surface area contributed by atoms with E-state index in [1.807, 2.05) is 73.0 Å². The van der Waals surface area contributed by atoms with Gasteiger partial charge in [0.1, 0.15) is 10.8 Å². The predicted octanol–water partition coefficient (Wildman–Crippen LogP) is 5.42.